The number of hydrogen-bond acceptors (Lipinski definition) is 4. The lowest BCUT2D eigenvalue weighted by Gasteiger charge is -2.29. The molecule has 2 fully saturated rings. The van der Waals surface area contributed by atoms with Gasteiger partial charge in [0.15, 0.2) is 0 Å². The van der Waals surface area contributed by atoms with Crippen LogP contribution in [0.15, 0.2) is 0 Å². The Balaban J connectivity index is 1.80. The number of piperidine rings is 1. The summed E-state index contributed by atoms with van der Waals surface area (Å²) in [7, 11) is -3.56. The van der Waals surface area contributed by atoms with Gasteiger partial charge in [0.05, 0.1) is 5.92 Å². The predicted molar refractivity (Wildman–Crippen MR) is 72.4 cm³/mol. The number of rotatable bonds is 6. The van der Waals surface area contributed by atoms with Gasteiger partial charge in [-0.25, -0.2) is 4.72 Å². The van der Waals surface area contributed by atoms with Crippen LogP contribution in [0.4, 0.5) is 0 Å². The smallest absolute Gasteiger partial charge is 0.307 e. The van der Waals surface area contributed by atoms with Crippen LogP contribution >= 0.6 is 0 Å². The van der Waals surface area contributed by atoms with Gasteiger partial charge >= 0.3 is 5.97 Å². The van der Waals surface area contributed by atoms with Crippen LogP contribution in [-0.4, -0.2) is 56.6 Å². The van der Waals surface area contributed by atoms with Gasteiger partial charge in [0.2, 0.25) is 0 Å². The third kappa shape index (κ3) is 4.15. The van der Waals surface area contributed by atoms with Crippen LogP contribution in [0, 0.1) is 11.8 Å². The molecule has 8 heteroatoms. The topological polar surface area (TPSA) is 95.9 Å². The summed E-state index contributed by atoms with van der Waals surface area (Å²) in [5.41, 5.74) is 0. The second-order valence-corrected chi connectivity index (χ2v) is 7.21. The van der Waals surface area contributed by atoms with Crippen molar-refractivity contribution in [3.05, 3.63) is 0 Å². The van der Waals surface area contributed by atoms with Gasteiger partial charge in [-0.3, -0.25) is 4.79 Å². The van der Waals surface area contributed by atoms with Crippen LogP contribution < -0.4 is 4.72 Å². The Kier molecular flexibility index (Phi) is 5.36. The molecule has 2 saturated heterocycles. The number of carboxylic acid groups (broad SMARTS) is 1. The molecule has 2 rings (SSSR count). The molecule has 0 spiro atoms. The molecular weight excluding hydrogens is 284 g/mol. The summed E-state index contributed by atoms with van der Waals surface area (Å²) in [6.07, 6.45) is 2.87. The number of carboxylic acids is 1. The Morgan fingerprint density at radius 1 is 1.40 bits per heavy atom. The zero-order valence-corrected chi connectivity index (χ0v) is 12.3. The molecule has 0 aromatic heterocycles. The van der Waals surface area contributed by atoms with Crippen LogP contribution in [0.5, 0.6) is 0 Å². The van der Waals surface area contributed by atoms with E-state index in [9.17, 15) is 13.2 Å². The minimum Gasteiger partial charge on any atom is -0.481 e. The van der Waals surface area contributed by atoms with E-state index in [4.69, 9.17) is 9.84 Å². The van der Waals surface area contributed by atoms with Crippen molar-refractivity contribution in [2.45, 2.75) is 25.7 Å². The molecule has 0 aliphatic carbocycles. The molecule has 2 heterocycles. The second kappa shape index (κ2) is 6.84. The highest BCUT2D eigenvalue weighted by molar-refractivity contribution is 7.87. The highest BCUT2D eigenvalue weighted by Gasteiger charge is 2.32. The van der Waals surface area contributed by atoms with Crippen LogP contribution in [-0.2, 0) is 19.7 Å². The van der Waals surface area contributed by atoms with Gasteiger partial charge in [0, 0.05) is 32.8 Å². The van der Waals surface area contributed by atoms with Crippen molar-refractivity contribution in [1.82, 2.24) is 9.03 Å². The Morgan fingerprint density at radius 3 is 2.85 bits per heavy atom. The quantitative estimate of drug-likeness (QED) is 0.722. The summed E-state index contributed by atoms with van der Waals surface area (Å²) < 4.78 is 33.3. The van der Waals surface area contributed by atoms with E-state index in [1.54, 1.807) is 0 Å². The van der Waals surface area contributed by atoms with E-state index in [2.05, 4.69) is 4.72 Å². The van der Waals surface area contributed by atoms with E-state index >= 15 is 0 Å². The Bertz CT molecular complexity index is 433. The summed E-state index contributed by atoms with van der Waals surface area (Å²) in [6, 6.07) is 0. The summed E-state index contributed by atoms with van der Waals surface area (Å²) in [5, 5.41) is 8.99. The van der Waals surface area contributed by atoms with Gasteiger partial charge in [-0.2, -0.15) is 12.7 Å². The largest absolute Gasteiger partial charge is 0.481 e. The Hall–Kier alpha value is -0.700. The van der Waals surface area contributed by atoms with Crippen molar-refractivity contribution < 1.29 is 23.1 Å². The minimum atomic E-state index is -3.56. The highest BCUT2D eigenvalue weighted by atomic mass is 32.2. The second-order valence-electron chi connectivity index (χ2n) is 5.45. The van der Waals surface area contributed by atoms with Gasteiger partial charge in [0.1, 0.15) is 0 Å². The van der Waals surface area contributed by atoms with E-state index < -0.39 is 22.1 Å². The molecule has 2 unspecified atom stereocenters. The lowest BCUT2D eigenvalue weighted by atomic mass is 10.0. The Labute approximate surface area is 119 Å². The van der Waals surface area contributed by atoms with E-state index in [0.717, 1.165) is 19.4 Å². The Morgan fingerprint density at radius 2 is 2.20 bits per heavy atom. The van der Waals surface area contributed by atoms with Crippen molar-refractivity contribution in [3.63, 3.8) is 0 Å². The highest BCUT2D eigenvalue weighted by Crippen LogP contribution is 2.19. The molecule has 0 saturated carbocycles. The zero-order valence-electron chi connectivity index (χ0n) is 11.5. The van der Waals surface area contributed by atoms with Crippen LogP contribution in [0.3, 0.4) is 0 Å². The third-order valence-electron chi connectivity index (χ3n) is 3.93. The molecule has 2 N–H and O–H groups in total. The van der Waals surface area contributed by atoms with Crippen molar-refractivity contribution in [1.29, 1.82) is 0 Å². The molecule has 0 bridgehead atoms. The van der Waals surface area contributed by atoms with Crippen LogP contribution in [0.25, 0.3) is 0 Å². The number of nitrogens with one attached hydrogen (secondary N) is 1. The molecule has 7 nitrogen and oxygen atoms in total. The molecule has 2 aliphatic heterocycles. The number of ether oxygens (including phenoxy) is 1. The maximum absolute atomic E-state index is 12.1. The van der Waals surface area contributed by atoms with Crippen molar-refractivity contribution in [2.75, 3.05) is 32.8 Å². The fourth-order valence-corrected chi connectivity index (χ4v) is 3.96. The van der Waals surface area contributed by atoms with E-state index in [-0.39, 0.29) is 6.54 Å². The number of hydrogen-bond donors (Lipinski definition) is 2. The summed E-state index contributed by atoms with van der Waals surface area (Å²) in [5.74, 6) is -1.10. The first-order valence-electron chi connectivity index (χ1n) is 7.04. The van der Waals surface area contributed by atoms with E-state index in [0.29, 0.717) is 38.5 Å². The fraction of sp³-hybridized carbons (Fsp3) is 0.917. The lowest BCUT2D eigenvalue weighted by Crippen LogP contribution is -2.47. The van der Waals surface area contributed by atoms with Gasteiger partial charge in [-0.05, 0) is 31.6 Å². The molecule has 0 aromatic rings. The van der Waals surface area contributed by atoms with Crippen LogP contribution in [0.2, 0.25) is 0 Å². The molecule has 0 aromatic carbocycles. The maximum atomic E-state index is 12.1. The summed E-state index contributed by atoms with van der Waals surface area (Å²) in [4.78, 5) is 11.0. The maximum Gasteiger partial charge on any atom is 0.307 e. The lowest BCUT2D eigenvalue weighted by molar-refractivity contribution is -0.142. The number of aliphatic carboxylic acids is 1. The van der Waals surface area contributed by atoms with Gasteiger partial charge in [-0.15, -0.1) is 0 Å². The van der Waals surface area contributed by atoms with Gasteiger partial charge in [-0.1, -0.05) is 0 Å². The molecule has 20 heavy (non-hydrogen) atoms. The summed E-state index contributed by atoms with van der Waals surface area (Å²) >= 11 is 0. The normalized spacial score (nSPS) is 28.6. The first-order chi connectivity index (χ1) is 9.49. The monoisotopic (exact) mass is 306 g/mol. The molecule has 2 aliphatic rings. The average molecular weight is 306 g/mol. The SMILES string of the molecule is O=C(O)C1CCCN(S(=O)(=O)NCCC2CCOC2)C1. The van der Waals surface area contributed by atoms with Crippen LogP contribution in [0.1, 0.15) is 25.7 Å². The molecule has 2 atom stereocenters. The predicted octanol–water partition coefficient (Wildman–Crippen LogP) is 0.0440. The average Bonchev–Trinajstić information content (AvgIpc) is 2.92. The number of nitrogens with zero attached hydrogens (tertiary/aromatic N) is 1. The van der Waals surface area contributed by atoms with Gasteiger partial charge < -0.3 is 9.84 Å². The van der Waals surface area contributed by atoms with E-state index in [1.807, 2.05) is 0 Å². The molecule has 0 amide bonds. The molecule has 116 valence electrons. The summed E-state index contributed by atoms with van der Waals surface area (Å²) in [6.45, 7) is 2.30. The number of carbonyl (C=O) groups is 1. The zero-order chi connectivity index (χ0) is 14.6. The standard InChI is InChI=1S/C12H22N2O5S/c15-12(16)11-2-1-6-14(8-11)20(17,18)13-5-3-10-4-7-19-9-10/h10-11,13H,1-9H2,(H,15,16). The van der Waals surface area contributed by atoms with Crippen molar-refractivity contribution >= 4 is 16.2 Å². The third-order valence-corrected chi connectivity index (χ3v) is 5.51. The van der Waals surface area contributed by atoms with E-state index in [1.165, 1.54) is 4.31 Å². The minimum absolute atomic E-state index is 0.0667. The first-order valence-corrected chi connectivity index (χ1v) is 8.48. The van der Waals surface area contributed by atoms with Gasteiger partial charge in [0.25, 0.3) is 10.2 Å². The first kappa shape index (κ1) is 15.7. The van der Waals surface area contributed by atoms with Crippen molar-refractivity contribution in [2.24, 2.45) is 11.8 Å². The molecule has 0 radical (unpaired) electrons. The molecular formula is C12H22N2O5S. The fourth-order valence-electron chi connectivity index (χ4n) is 2.66. The van der Waals surface area contributed by atoms with Crippen molar-refractivity contribution in [3.8, 4) is 0 Å².